The van der Waals surface area contributed by atoms with Crippen molar-refractivity contribution < 1.29 is 0 Å². The molecule has 2 atom stereocenters. The molecular weight excluding hydrogens is 308 g/mol. The number of rotatable bonds is 3. The van der Waals surface area contributed by atoms with Crippen molar-refractivity contribution >= 4 is 23.4 Å². The number of thioether (sulfide) groups is 1. The normalized spacial score (nSPS) is 26.6. The number of H-pyrrole nitrogens is 1. The second-order valence-corrected chi connectivity index (χ2v) is 7.54. The Labute approximate surface area is 133 Å². The van der Waals surface area contributed by atoms with E-state index in [2.05, 4.69) is 11.2 Å². The summed E-state index contributed by atoms with van der Waals surface area (Å²) < 4.78 is 1.45. The number of hydrogen-bond donors (Lipinski definition) is 1. The van der Waals surface area contributed by atoms with Crippen LogP contribution in [0.15, 0.2) is 9.59 Å². The van der Waals surface area contributed by atoms with Crippen molar-refractivity contribution in [1.29, 1.82) is 0 Å². The molecule has 0 bridgehead atoms. The highest BCUT2D eigenvalue weighted by molar-refractivity contribution is 7.99. The third-order valence-electron chi connectivity index (χ3n) is 4.94. The molecule has 2 aliphatic rings. The van der Waals surface area contributed by atoms with E-state index < -0.39 is 0 Å². The van der Waals surface area contributed by atoms with Gasteiger partial charge in [-0.05, 0) is 37.9 Å². The molecule has 116 valence electrons. The molecule has 1 aromatic heterocycles. The zero-order valence-electron chi connectivity index (χ0n) is 12.2. The van der Waals surface area contributed by atoms with Crippen LogP contribution in [0.5, 0.6) is 0 Å². The second kappa shape index (κ2) is 6.21. The van der Waals surface area contributed by atoms with Crippen molar-refractivity contribution in [3.8, 4) is 0 Å². The SMILES string of the molecule is CSC1CCCC1n1c(=O)[nH]c(Cl)c(C2CCCC2)c1=O. The van der Waals surface area contributed by atoms with Crippen molar-refractivity contribution in [2.45, 2.75) is 62.2 Å². The Kier molecular flexibility index (Phi) is 4.50. The van der Waals surface area contributed by atoms with Gasteiger partial charge >= 0.3 is 5.69 Å². The lowest BCUT2D eigenvalue weighted by Crippen LogP contribution is -2.42. The van der Waals surface area contributed by atoms with E-state index in [1.54, 1.807) is 11.8 Å². The third-order valence-corrected chi connectivity index (χ3v) is 6.39. The topological polar surface area (TPSA) is 54.9 Å². The Morgan fingerprint density at radius 3 is 2.52 bits per heavy atom. The molecule has 4 nitrogen and oxygen atoms in total. The molecule has 0 aromatic carbocycles. The summed E-state index contributed by atoms with van der Waals surface area (Å²) in [6.07, 6.45) is 9.36. The fourth-order valence-electron chi connectivity index (χ4n) is 3.88. The smallest absolute Gasteiger partial charge is 0.297 e. The van der Waals surface area contributed by atoms with Crippen molar-refractivity contribution in [1.82, 2.24) is 9.55 Å². The predicted molar refractivity (Wildman–Crippen MR) is 87.7 cm³/mol. The van der Waals surface area contributed by atoms with E-state index >= 15 is 0 Å². The van der Waals surface area contributed by atoms with E-state index in [0.717, 1.165) is 44.9 Å². The molecule has 2 aliphatic carbocycles. The summed E-state index contributed by atoms with van der Waals surface area (Å²) in [7, 11) is 0. The van der Waals surface area contributed by atoms with Gasteiger partial charge in [0.2, 0.25) is 0 Å². The van der Waals surface area contributed by atoms with Crippen LogP contribution in [0.1, 0.15) is 62.5 Å². The Bertz CT molecular complexity index is 634. The van der Waals surface area contributed by atoms with E-state index in [-0.39, 0.29) is 28.4 Å². The summed E-state index contributed by atoms with van der Waals surface area (Å²) in [4.78, 5) is 27.9. The van der Waals surface area contributed by atoms with Crippen molar-refractivity contribution in [3.05, 3.63) is 31.6 Å². The van der Waals surface area contributed by atoms with E-state index in [1.807, 2.05) is 0 Å². The molecule has 2 fully saturated rings. The van der Waals surface area contributed by atoms with Gasteiger partial charge < -0.3 is 0 Å². The first-order chi connectivity index (χ1) is 10.1. The lowest BCUT2D eigenvalue weighted by atomic mass is 10.0. The summed E-state index contributed by atoms with van der Waals surface area (Å²) >= 11 is 7.94. The lowest BCUT2D eigenvalue weighted by Gasteiger charge is -2.21. The minimum atomic E-state index is -0.349. The number of nitrogens with zero attached hydrogens (tertiary/aromatic N) is 1. The van der Waals surface area contributed by atoms with Crippen LogP contribution in [0.25, 0.3) is 0 Å². The number of nitrogens with one attached hydrogen (secondary N) is 1. The van der Waals surface area contributed by atoms with Crippen molar-refractivity contribution in [2.75, 3.05) is 6.26 Å². The number of hydrogen-bond acceptors (Lipinski definition) is 3. The minimum absolute atomic E-state index is 0.00803. The standard InChI is InChI=1S/C15H21ClN2O2S/c1-21-11-8-4-7-10(11)18-14(19)12(9-5-2-3-6-9)13(16)17-15(18)20/h9-11H,2-8H2,1H3,(H,17,20). The molecule has 6 heteroatoms. The summed E-state index contributed by atoms with van der Waals surface area (Å²) in [5.41, 5.74) is 0.139. The Hall–Kier alpha value is -0.680. The molecule has 0 saturated heterocycles. The minimum Gasteiger partial charge on any atom is -0.297 e. The molecule has 0 radical (unpaired) electrons. The summed E-state index contributed by atoms with van der Waals surface area (Å²) in [6.45, 7) is 0. The Balaban J connectivity index is 2.10. The first-order valence-corrected chi connectivity index (χ1v) is 9.37. The van der Waals surface area contributed by atoms with Gasteiger partial charge in [0.05, 0.1) is 11.6 Å². The van der Waals surface area contributed by atoms with Crippen LogP contribution in [0.2, 0.25) is 5.15 Å². The summed E-state index contributed by atoms with van der Waals surface area (Å²) in [6, 6.07) is 0.00803. The highest BCUT2D eigenvalue weighted by Crippen LogP contribution is 2.38. The van der Waals surface area contributed by atoms with Crippen molar-refractivity contribution in [2.24, 2.45) is 0 Å². The van der Waals surface area contributed by atoms with E-state index in [4.69, 9.17) is 11.6 Å². The molecule has 1 heterocycles. The van der Waals surface area contributed by atoms with Gasteiger partial charge in [-0.3, -0.25) is 14.3 Å². The van der Waals surface area contributed by atoms with E-state index in [9.17, 15) is 9.59 Å². The van der Waals surface area contributed by atoms with Crippen LogP contribution in [-0.4, -0.2) is 21.1 Å². The zero-order chi connectivity index (χ0) is 15.0. The predicted octanol–water partition coefficient (Wildman–Crippen LogP) is 3.30. The zero-order valence-corrected chi connectivity index (χ0v) is 13.8. The highest BCUT2D eigenvalue weighted by Gasteiger charge is 2.33. The Morgan fingerprint density at radius 1 is 1.14 bits per heavy atom. The molecule has 2 unspecified atom stereocenters. The Morgan fingerprint density at radius 2 is 1.86 bits per heavy atom. The highest BCUT2D eigenvalue weighted by atomic mass is 35.5. The molecule has 3 rings (SSSR count). The van der Waals surface area contributed by atoms with Crippen molar-refractivity contribution in [3.63, 3.8) is 0 Å². The molecule has 0 amide bonds. The fraction of sp³-hybridized carbons (Fsp3) is 0.733. The maximum atomic E-state index is 12.9. The van der Waals surface area contributed by atoms with Crippen LogP contribution in [0.4, 0.5) is 0 Å². The number of aromatic amines is 1. The van der Waals surface area contributed by atoms with Crippen LogP contribution in [-0.2, 0) is 0 Å². The van der Waals surface area contributed by atoms with Gasteiger partial charge in [0.1, 0.15) is 5.15 Å². The van der Waals surface area contributed by atoms with Gasteiger partial charge in [0.15, 0.2) is 0 Å². The molecule has 0 aliphatic heterocycles. The monoisotopic (exact) mass is 328 g/mol. The van der Waals surface area contributed by atoms with Gasteiger partial charge in [-0.1, -0.05) is 30.9 Å². The second-order valence-electron chi connectivity index (χ2n) is 6.09. The van der Waals surface area contributed by atoms with Crippen LogP contribution < -0.4 is 11.2 Å². The number of aromatic nitrogens is 2. The van der Waals surface area contributed by atoms with Gasteiger partial charge in [-0.2, -0.15) is 11.8 Å². The molecule has 2 saturated carbocycles. The summed E-state index contributed by atoms with van der Waals surface area (Å²) in [5.74, 6) is 0.210. The maximum Gasteiger partial charge on any atom is 0.329 e. The maximum absolute atomic E-state index is 12.9. The summed E-state index contributed by atoms with van der Waals surface area (Å²) in [5, 5.41) is 0.605. The molecule has 1 aromatic rings. The average Bonchev–Trinajstić information content (AvgIpc) is 3.09. The fourth-order valence-corrected chi connectivity index (χ4v) is 5.17. The molecule has 1 N–H and O–H groups in total. The van der Waals surface area contributed by atoms with Gasteiger partial charge in [-0.25, -0.2) is 4.79 Å². The average molecular weight is 329 g/mol. The first-order valence-electron chi connectivity index (χ1n) is 7.70. The molecule has 0 spiro atoms. The quantitative estimate of drug-likeness (QED) is 0.866. The van der Waals surface area contributed by atoms with E-state index in [1.165, 1.54) is 4.57 Å². The number of halogens is 1. The van der Waals surface area contributed by atoms with Crippen LogP contribution in [0, 0.1) is 0 Å². The first kappa shape index (κ1) is 15.2. The largest absolute Gasteiger partial charge is 0.329 e. The van der Waals surface area contributed by atoms with Gasteiger partial charge in [-0.15, -0.1) is 0 Å². The van der Waals surface area contributed by atoms with Crippen LogP contribution >= 0.6 is 23.4 Å². The van der Waals surface area contributed by atoms with Gasteiger partial charge in [0.25, 0.3) is 5.56 Å². The third kappa shape index (κ3) is 2.70. The van der Waals surface area contributed by atoms with Gasteiger partial charge in [0, 0.05) is 5.25 Å². The lowest BCUT2D eigenvalue weighted by molar-refractivity contribution is 0.479. The van der Waals surface area contributed by atoms with Crippen LogP contribution in [0.3, 0.4) is 0 Å². The molecule has 21 heavy (non-hydrogen) atoms. The van der Waals surface area contributed by atoms with E-state index in [0.29, 0.717) is 10.8 Å². The molecular formula is C15H21ClN2O2S.